The molecule has 114 valence electrons. The van der Waals surface area contributed by atoms with Gasteiger partial charge in [-0.2, -0.15) is 0 Å². The standard InChI is InChI=1S/C17H36N2/c1-12(2)9-14(5)19-11-16(17(6,7)8)18-10-15(19)13(3)4/h12-16,18H,9-11H2,1-8H3. The lowest BCUT2D eigenvalue weighted by Gasteiger charge is -2.49. The van der Waals surface area contributed by atoms with Crippen molar-refractivity contribution in [2.75, 3.05) is 13.1 Å². The molecule has 1 aliphatic rings. The molecule has 0 aromatic carbocycles. The van der Waals surface area contributed by atoms with Gasteiger partial charge in [-0.05, 0) is 30.6 Å². The first-order chi connectivity index (χ1) is 8.62. The summed E-state index contributed by atoms with van der Waals surface area (Å²) in [6.45, 7) is 21.2. The van der Waals surface area contributed by atoms with Crippen molar-refractivity contribution < 1.29 is 0 Å². The minimum Gasteiger partial charge on any atom is -0.311 e. The summed E-state index contributed by atoms with van der Waals surface area (Å²) in [7, 11) is 0. The summed E-state index contributed by atoms with van der Waals surface area (Å²) in [4.78, 5) is 2.77. The third-order valence-corrected chi connectivity index (χ3v) is 4.59. The number of nitrogens with zero attached hydrogens (tertiary/aromatic N) is 1. The Bertz CT molecular complexity index is 265. The van der Waals surface area contributed by atoms with Gasteiger partial charge in [-0.25, -0.2) is 0 Å². The van der Waals surface area contributed by atoms with E-state index < -0.39 is 0 Å². The molecule has 0 spiro atoms. The van der Waals surface area contributed by atoms with E-state index in [-0.39, 0.29) is 0 Å². The predicted molar refractivity (Wildman–Crippen MR) is 85.5 cm³/mol. The maximum Gasteiger partial charge on any atom is 0.0247 e. The fraction of sp³-hybridized carbons (Fsp3) is 1.00. The van der Waals surface area contributed by atoms with Crippen LogP contribution in [0.1, 0.15) is 61.8 Å². The van der Waals surface area contributed by atoms with Crippen LogP contribution in [0.2, 0.25) is 0 Å². The van der Waals surface area contributed by atoms with Crippen LogP contribution < -0.4 is 5.32 Å². The Morgan fingerprint density at radius 1 is 1.11 bits per heavy atom. The highest BCUT2D eigenvalue weighted by Crippen LogP contribution is 2.28. The second-order valence-electron chi connectivity index (χ2n) is 8.31. The third kappa shape index (κ3) is 4.75. The number of piperazine rings is 1. The van der Waals surface area contributed by atoms with Gasteiger partial charge in [0.25, 0.3) is 0 Å². The van der Waals surface area contributed by atoms with Crippen LogP contribution in [0.25, 0.3) is 0 Å². The van der Waals surface area contributed by atoms with Gasteiger partial charge < -0.3 is 5.32 Å². The molecule has 2 nitrogen and oxygen atoms in total. The topological polar surface area (TPSA) is 15.3 Å². The molecule has 0 amide bonds. The molecule has 0 saturated carbocycles. The number of rotatable bonds is 4. The molecule has 0 bridgehead atoms. The van der Waals surface area contributed by atoms with Gasteiger partial charge in [0.15, 0.2) is 0 Å². The SMILES string of the molecule is CC(C)CC(C)N1CC(C(C)(C)C)NCC1C(C)C. The molecule has 1 saturated heterocycles. The van der Waals surface area contributed by atoms with Crippen molar-refractivity contribution in [1.82, 2.24) is 10.2 Å². The highest BCUT2D eigenvalue weighted by atomic mass is 15.3. The Balaban J connectivity index is 2.79. The van der Waals surface area contributed by atoms with Crippen molar-refractivity contribution in [3.8, 4) is 0 Å². The second-order valence-corrected chi connectivity index (χ2v) is 8.31. The normalized spacial score (nSPS) is 28.1. The first kappa shape index (κ1) is 17.0. The van der Waals surface area contributed by atoms with Gasteiger partial charge in [0.2, 0.25) is 0 Å². The molecule has 0 aromatic heterocycles. The number of hydrogen-bond acceptors (Lipinski definition) is 2. The molecule has 3 unspecified atom stereocenters. The molecule has 0 radical (unpaired) electrons. The Kier molecular flexibility index (Phi) is 5.88. The fourth-order valence-corrected chi connectivity index (χ4v) is 3.31. The van der Waals surface area contributed by atoms with E-state index in [1.54, 1.807) is 0 Å². The lowest BCUT2D eigenvalue weighted by Crippen LogP contribution is -2.63. The van der Waals surface area contributed by atoms with Crippen LogP contribution in [0.15, 0.2) is 0 Å². The van der Waals surface area contributed by atoms with Crippen LogP contribution >= 0.6 is 0 Å². The number of hydrogen-bond donors (Lipinski definition) is 1. The second kappa shape index (κ2) is 6.58. The van der Waals surface area contributed by atoms with Crippen LogP contribution in [0.4, 0.5) is 0 Å². The van der Waals surface area contributed by atoms with Crippen molar-refractivity contribution in [3.63, 3.8) is 0 Å². The summed E-state index contributed by atoms with van der Waals surface area (Å²) in [5.41, 5.74) is 0.345. The maximum atomic E-state index is 3.79. The molecule has 2 heteroatoms. The van der Waals surface area contributed by atoms with Gasteiger partial charge in [0.05, 0.1) is 0 Å². The van der Waals surface area contributed by atoms with E-state index >= 15 is 0 Å². The maximum absolute atomic E-state index is 3.79. The van der Waals surface area contributed by atoms with E-state index in [9.17, 15) is 0 Å². The first-order valence-corrected chi connectivity index (χ1v) is 8.12. The highest BCUT2D eigenvalue weighted by Gasteiger charge is 2.37. The van der Waals surface area contributed by atoms with Crippen molar-refractivity contribution in [2.45, 2.75) is 79.9 Å². The Hall–Kier alpha value is -0.0800. The van der Waals surface area contributed by atoms with Crippen LogP contribution in [0, 0.1) is 17.3 Å². The lowest BCUT2D eigenvalue weighted by molar-refractivity contribution is 0.0282. The van der Waals surface area contributed by atoms with E-state index in [4.69, 9.17) is 0 Å². The lowest BCUT2D eigenvalue weighted by atomic mass is 9.83. The van der Waals surface area contributed by atoms with Gasteiger partial charge in [-0.3, -0.25) is 4.90 Å². The molecule has 1 heterocycles. The molecule has 3 atom stereocenters. The molecule has 1 fully saturated rings. The summed E-state index contributed by atoms with van der Waals surface area (Å²) in [5, 5.41) is 3.79. The molecule has 1 N–H and O–H groups in total. The summed E-state index contributed by atoms with van der Waals surface area (Å²) < 4.78 is 0. The van der Waals surface area contributed by atoms with E-state index in [0.29, 0.717) is 23.5 Å². The number of nitrogens with one attached hydrogen (secondary N) is 1. The van der Waals surface area contributed by atoms with Gasteiger partial charge in [-0.1, -0.05) is 48.5 Å². The van der Waals surface area contributed by atoms with E-state index in [1.165, 1.54) is 13.0 Å². The molecule has 1 rings (SSSR count). The Morgan fingerprint density at radius 3 is 2.11 bits per heavy atom. The summed E-state index contributed by atoms with van der Waals surface area (Å²) in [5.74, 6) is 1.51. The average molecular weight is 268 g/mol. The quantitative estimate of drug-likeness (QED) is 0.835. The minimum absolute atomic E-state index is 0.345. The van der Waals surface area contributed by atoms with Crippen molar-refractivity contribution in [2.24, 2.45) is 17.3 Å². The van der Waals surface area contributed by atoms with Crippen LogP contribution in [-0.4, -0.2) is 36.1 Å². The zero-order chi connectivity index (χ0) is 14.8. The molecule has 19 heavy (non-hydrogen) atoms. The van der Waals surface area contributed by atoms with Gasteiger partial charge in [0, 0.05) is 31.2 Å². The smallest absolute Gasteiger partial charge is 0.0247 e. The first-order valence-electron chi connectivity index (χ1n) is 8.12. The molecule has 1 aliphatic heterocycles. The zero-order valence-corrected chi connectivity index (χ0v) is 14.5. The zero-order valence-electron chi connectivity index (χ0n) is 14.5. The van der Waals surface area contributed by atoms with Gasteiger partial charge in [-0.15, -0.1) is 0 Å². The van der Waals surface area contributed by atoms with Gasteiger partial charge >= 0.3 is 0 Å². The molecule has 0 aromatic rings. The van der Waals surface area contributed by atoms with Crippen molar-refractivity contribution in [3.05, 3.63) is 0 Å². The fourth-order valence-electron chi connectivity index (χ4n) is 3.31. The Morgan fingerprint density at radius 2 is 1.68 bits per heavy atom. The molecule has 0 aliphatic carbocycles. The monoisotopic (exact) mass is 268 g/mol. The molecular formula is C17H36N2. The third-order valence-electron chi connectivity index (χ3n) is 4.59. The van der Waals surface area contributed by atoms with Crippen molar-refractivity contribution >= 4 is 0 Å². The largest absolute Gasteiger partial charge is 0.311 e. The van der Waals surface area contributed by atoms with Crippen molar-refractivity contribution in [1.29, 1.82) is 0 Å². The van der Waals surface area contributed by atoms with E-state index in [0.717, 1.165) is 18.4 Å². The minimum atomic E-state index is 0.345. The summed E-state index contributed by atoms with van der Waals surface area (Å²) in [6, 6.07) is 1.99. The van der Waals surface area contributed by atoms with E-state index in [2.05, 4.69) is 65.6 Å². The summed E-state index contributed by atoms with van der Waals surface area (Å²) >= 11 is 0. The van der Waals surface area contributed by atoms with Crippen LogP contribution in [0.5, 0.6) is 0 Å². The predicted octanol–water partition coefficient (Wildman–Crippen LogP) is 3.77. The van der Waals surface area contributed by atoms with E-state index in [1.807, 2.05) is 0 Å². The highest BCUT2D eigenvalue weighted by molar-refractivity contribution is 4.94. The van der Waals surface area contributed by atoms with Gasteiger partial charge in [0.1, 0.15) is 0 Å². The van der Waals surface area contributed by atoms with Crippen LogP contribution in [-0.2, 0) is 0 Å². The molecular weight excluding hydrogens is 232 g/mol. The van der Waals surface area contributed by atoms with Crippen LogP contribution in [0.3, 0.4) is 0 Å². The average Bonchev–Trinajstić information content (AvgIpc) is 2.25. The summed E-state index contributed by atoms with van der Waals surface area (Å²) in [6.07, 6.45) is 1.31. The Labute approximate surface area is 121 Å².